The van der Waals surface area contributed by atoms with Crippen molar-refractivity contribution in [2.24, 2.45) is 0 Å². The van der Waals surface area contributed by atoms with E-state index >= 15 is 0 Å². The number of anilines is 1. The number of hydrogen-bond acceptors (Lipinski definition) is 3. The van der Waals surface area contributed by atoms with E-state index in [4.69, 9.17) is 10.5 Å². The molecular formula is C14H21NO2S. The van der Waals surface area contributed by atoms with Crippen molar-refractivity contribution in [1.82, 2.24) is 0 Å². The average molecular weight is 267 g/mol. The Kier molecular flexibility index (Phi) is 4.78. The highest BCUT2D eigenvalue weighted by Gasteiger charge is 2.16. The Morgan fingerprint density at radius 2 is 2.33 bits per heavy atom. The molecule has 0 aliphatic carbocycles. The van der Waals surface area contributed by atoms with Gasteiger partial charge in [0.1, 0.15) is 0 Å². The fraction of sp³-hybridized carbons (Fsp3) is 0.571. The highest BCUT2D eigenvalue weighted by Crippen LogP contribution is 2.21. The first-order valence-electron chi connectivity index (χ1n) is 6.53. The lowest BCUT2D eigenvalue weighted by Crippen LogP contribution is -2.08. The summed E-state index contributed by atoms with van der Waals surface area (Å²) in [5.41, 5.74) is 7.65. The molecule has 2 N–H and O–H groups in total. The lowest BCUT2D eigenvalue weighted by atomic mass is 10.1. The summed E-state index contributed by atoms with van der Waals surface area (Å²) >= 11 is 0. The molecule has 0 amide bonds. The molecule has 1 heterocycles. The molecule has 100 valence electrons. The average Bonchev–Trinajstić information content (AvgIpc) is 2.81. The van der Waals surface area contributed by atoms with Gasteiger partial charge in [-0.15, -0.1) is 0 Å². The molecule has 4 heteroatoms. The Balaban J connectivity index is 1.83. The van der Waals surface area contributed by atoms with E-state index in [1.54, 1.807) is 0 Å². The van der Waals surface area contributed by atoms with Gasteiger partial charge < -0.3 is 10.5 Å². The maximum absolute atomic E-state index is 12.1. The van der Waals surface area contributed by atoms with Crippen LogP contribution in [0.1, 0.15) is 31.2 Å². The molecule has 0 saturated carbocycles. The molecule has 1 aromatic rings. The number of hydrogen-bond donors (Lipinski definition) is 1. The van der Waals surface area contributed by atoms with Crippen LogP contribution in [-0.2, 0) is 15.5 Å². The van der Waals surface area contributed by atoms with E-state index in [2.05, 4.69) is 0 Å². The maximum atomic E-state index is 12.1. The Hall–Kier alpha value is -0.870. The monoisotopic (exact) mass is 267 g/mol. The molecule has 2 atom stereocenters. The predicted octanol–water partition coefficient (Wildman–Crippen LogP) is 2.64. The third kappa shape index (κ3) is 3.56. The standard InChI is InChI=1S/C14H21NO2S/c1-11-6-7-14(13(15)10-11)18(16)9-3-5-12-4-2-8-17-12/h6-7,10,12H,2-5,8-9,15H2,1H3. The summed E-state index contributed by atoms with van der Waals surface area (Å²) in [6, 6.07) is 5.73. The van der Waals surface area contributed by atoms with Gasteiger partial charge in [-0.2, -0.15) is 0 Å². The lowest BCUT2D eigenvalue weighted by molar-refractivity contribution is 0.104. The normalized spacial score (nSPS) is 21.1. The highest BCUT2D eigenvalue weighted by atomic mass is 32.2. The number of nitrogens with two attached hydrogens (primary N) is 1. The van der Waals surface area contributed by atoms with E-state index < -0.39 is 10.8 Å². The van der Waals surface area contributed by atoms with Gasteiger partial charge in [-0.05, 0) is 50.3 Å². The number of aryl methyl sites for hydroxylation is 1. The molecule has 0 spiro atoms. The molecule has 18 heavy (non-hydrogen) atoms. The van der Waals surface area contributed by atoms with Crippen molar-refractivity contribution in [3.8, 4) is 0 Å². The van der Waals surface area contributed by atoms with Crippen LogP contribution in [0.3, 0.4) is 0 Å². The molecule has 1 saturated heterocycles. The molecular weight excluding hydrogens is 246 g/mol. The van der Waals surface area contributed by atoms with Crippen molar-refractivity contribution in [2.75, 3.05) is 18.1 Å². The van der Waals surface area contributed by atoms with Gasteiger partial charge in [0.25, 0.3) is 0 Å². The minimum atomic E-state index is -0.984. The van der Waals surface area contributed by atoms with Crippen LogP contribution in [-0.4, -0.2) is 22.7 Å². The van der Waals surface area contributed by atoms with Crippen molar-refractivity contribution >= 4 is 16.5 Å². The van der Waals surface area contributed by atoms with Gasteiger partial charge in [-0.3, -0.25) is 4.21 Å². The van der Waals surface area contributed by atoms with Gasteiger partial charge in [0, 0.05) is 18.0 Å². The second-order valence-corrected chi connectivity index (χ2v) is 6.41. The van der Waals surface area contributed by atoms with Crippen LogP contribution >= 0.6 is 0 Å². The van der Waals surface area contributed by atoms with Gasteiger partial charge in [-0.25, -0.2) is 0 Å². The van der Waals surface area contributed by atoms with Crippen molar-refractivity contribution in [1.29, 1.82) is 0 Å². The molecule has 3 nitrogen and oxygen atoms in total. The summed E-state index contributed by atoms with van der Waals surface area (Å²) in [5.74, 6) is 0.674. The second-order valence-electron chi connectivity index (χ2n) is 4.87. The largest absolute Gasteiger partial charge is 0.398 e. The maximum Gasteiger partial charge on any atom is 0.0617 e. The summed E-state index contributed by atoms with van der Waals surface area (Å²) in [7, 11) is -0.984. The Morgan fingerprint density at radius 1 is 1.50 bits per heavy atom. The quantitative estimate of drug-likeness (QED) is 0.834. The summed E-state index contributed by atoms with van der Waals surface area (Å²) < 4.78 is 17.7. The van der Waals surface area contributed by atoms with E-state index in [1.807, 2.05) is 25.1 Å². The molecule has 0 bridgehead atoms. The zero-order valence-corrected chi connectivity index (χ0v) is 11.7. The van der Waals surface area contributed by atoms with Crippen LogP contribution in [0.2, 0.25) is 0 Å². The number of rotatable bonds is 5. The summed E-state index contributed by atoms with van der Waals surface area (Å²) in [6.07, 6.45) is 4.65. The Bertz CT molecular complexity index is 428. The van der Waals surface area contributed by atoms with E-state index in [9.17, 15) is 4.21 Å². The minimum absolute atomic E-state index is 0.386. The Labute approximate surface area is 111 Å². The second kappa shape index (κ2) is 6.34. The van der Waals surface area contributed by atoms with Gasteiger partial charge in [0.2, 0.25) is 0 Å². The number of nitrogen functional groups attached to an aromatic ring is 1. The topological polar surface area (TPSA) is 52.3 Å². The first kappa shape index (κ1) is 13.6. The first-order valence-corrected chi connectivity index (χ1v) is 7.85. The molecule has 1 aromatic carbocycles. The molecule has 1 aliphatic heterocycles. The SMILES string of the molecule is Cc1ccc(S(=O)CCCC2CCCO2)c(N)c1. The van der Waals surface area contributed by atoms with Gasteiger partial charge >= 0.3 is 0 Å². The third-order valence-corrected chi connectivity index (χ3v) is 4.81. The highest BCUT2D eigenvalue weighted by molar-refractivity contribution is 7.85. The van der Waals surface area contributed by atoms with Crippen molar-refractivity contribution in [2.45, 2.75) is 43.6 Å². The fourth-order valence-electron chi connectivity index (χ4n) is 2.30. The van der Waals surface area contributed by atoms with Crippen LogP contribution in [0.5, 0.6) is 0 Å². The summed E-state index contributed by atoms with van der Waals surface area (Å²) in [6.45, 7) is 2.87. The van der Waals surface area contributed by atoms with Gasteiger partial charge in [0.15, 0.2) is 0 Å². The van der Waals surface area contributed by atoms with Crippen LogP contribution in [0.15, 0.2) is 23.1 Å². The minimum Gasteiger partial charge on any atom is -0.398 e. The van der Waals surface area contributed by atoms with Gasteiger partial charge in [-0.1, -0.05) is 6.07 Å². The molecule has 1 fully saturated rings. The van der Waals surface area contributed by atoms with Crippen molar-refractivity contribution in [3.05, 3.63) is 23.8 Å². The van der Waals surface area contributed by atoms with Gasteiger partial charge in [0.05, 0.1) is 21.8 Å². The molecule has 1 aliphatic rings. The van der Waals surface area contributed by atoms with Crippen molar-refractivity contribution < 1.29 is 8.95 Å². The van der Waals surface area contributed by atoms with Crippen LogP contribution in [0.25, 0.3) is 0 Å². The fourth-order valence-corrected chi connectivity index (χ4v) is 3.49. The van der Waals surface area contributed by atoms with E-state index in [0.29, 0.717) is 17.5 Å². The van der Waals surface area contributed by atoms with Crippen LogP contribution in [0.4, 0.5) is 5.69 Å². The smallest absolute Gasteiger partial charge is 0.0617 e. The lowest BCUT2D eigenvalue weighted by Gasteiger charge is -2.09. The Morgan fingerprint density at radius 3 is 3.00 bits per heavy atom. The zero-order valence-electron chi connectivity index (χ0n) is 10.9. The van der Waals surface area contributed by atoms with E-state index in [-0.39, 0.29) is 0 Å². The molecule has 0 aromatic heterocycles. The molecule has 2 unspecified atom stereocenters. The van der Waals surface area contributed by atoms with Crippen LogP contribution in [0, 0.1) is 6.92 Å². The van der Waals surface area contributed by atoms with E-state index in [1.165, 1.54) is 6.42 Å². The number of benzene rings is 1. The molecule has 0 radical (unpaired) electrons. The third-order valence-electron chi connectivity index (χ3n) is 3.29. The zero-order chi connectivity index (χ0) is 13.0. The summed E-state index contributed by atoms with van der Waals surface area (Å²) in [5, 5.41) is 0. The first-order chi connectivity index (χ1) is 8.66. The van der Waals surface area contributed by atoms with E-state index in [0.717, 1.165) is 36.3 Å². The number of ether oxygens (including phenoxy) is 1. The van der Waals surface area contributed by atoms with Crippen molar-refractivity contribution in [3.63, 3.8) is 0 Å². The van der Waals surface area contributed by atoms with Crippen LogP contribution < -0.4 is 5.73 Å². The predicted molar refractivity (Wildman–Crippen MR) is 75.1 cm³/mol. The molecule has 2 rings (SSSR count). The summed E-state index contributed by atoms with van der Waals surface area (Å²) in [4.78, 5) is 0.771.